The summed E-state index contributed by atoms with van der Waals surface area (Å²) in [6.45, 7) is 3.01. The maximum atomic E-state index is 13.9. The molecule has 0 amide bonds. The highest BCUT2D eigenvalue weighted by atomic mass is 19.4. The summed E-state index contributed by atoms with van der Waals surface area (Å²) in [7, 11) is 0. The molecule has 5 rings (SSSR count). The Morgan fingerprint density at radius 1 is 1.17 bits per heavy atom. The molecule has 36 heavy (non-hydrogen) atoms. The van der Waals surface area contributed by atoms with E-state index < -0.39 is 37.1 Å². The second-order valence-corrected chi connectivity index (χ2v) is 9.52. The van der Waals surface area contributed by atoms with Crippen molar-refractivity contribution in [2.75, 3.05) is 41.3 Å². The molecule has 2 saturated heterocycles. The highest BCUT2D eigenvalue weighted by Gasteiger charge is 2.61. The van der Waals surface area contributed by atoms with Crippen LogP contribution in [0.4, 0.5) is 41.0 Å². The van der Waals surface area contributed by atoms with Crippen LogP contribution >= 0.6 is 0 Å². The van der Waals surface area contributed by atoms with Crippen molar-refractivity contribution in [3.8, 4) is 0 Å². The standard InChI is InChI=1S/C22H26F4N8O2/c1-12(2)34-15-7-18(28-8-13(15)19(31-34)33-10-21(36,11-33)22(24,25)26)29-17-3-5-27-20(30-17)32-6-4-16(35)14(23)9-32/h3,5,7-8,12,14,16,35-36H,4,6,9-11H2,1-2H3,(H,27,28,29,30). The first kappa shape index (κ1) is 24.4. The minimum absolute atomic E-state index is 0.00879. The molecule has 3 aromatic rings. The van der Waals surface area contributed by atoms with Gasteiger partial charge in [0.1, 0.15) is 17.8 Å². The quantitative estimate of drug-likeness (QED) is 0.446. The van der Waals surface area contributed by atoms with Crippen LogP contribution in [0.5, 0.6) is 0 Å². The number of β-amino-alcohol motifs (C(OH)–C–C–N with tert-alkyl or cyclic N) is 1. The summed E-state index contributed by atoms with van der Waals surface area (Å²) in [6.07, 6.45) is -3.76. The fraction of sp³-hybridized carbons (Fsp3) is 0.545. The second-order valence-electron chi connectivity index (χ2n) is 9.52. The monoisotopic (exact) mass is 510 g/mol. The van der Waals surface area contributed by atoms with Crippen LogP contribution in [0.15, 0.2) is 24.5 Å². The van der Waals surface area contributed by atoms with Crippen molar-refractivity contribution in [1.82, 2.24) is 24.7 Å². The summed E-state index contributed by atoms with van der Waals surface area (Å²) in [5, 5.41) is 27.6. The molecule has 3 N–H and O–H groups in total. The first-order valence-corrected chi connectivity index (χ1v) is 11.5. The van der Waals surface area contributed by atoms with Gasteiger partial charge in [0, 0.05) is 31.0 Å². The molecule has 0 aromatic carbocycles. The maximum Gasteiger partial charge on any atom is 0.420 e. The van der Waals surface area contributed by atoms with E-state index in [-0.39, 0.29) is 19.0 Å². The Labute approximate surface area is 203 Å². The topological polar surface area (TPSA) is 115 Å². The number of aliphatic hydroxyl groups is 2. The number of piperidine rings is 1. The minimum atomic E-state index is -4.72. The van der Waals surface area contributed by atoms with Crippen LogP contribution in [0.1, 0.15) is 26.3 Å². The van der Waals surface area contributed by atoms with E-state index in [0.717, 1.165) is 0 Å². The molecule has 2 aliphatic rings. The molecule has 14 heteroatoms. The molecule has 194 valence electrons. The number of hydrogen-bond acceptors (Lipinski definition) is 9. The summed E-state index contributed by atoms with van der Waals surface area (Å²) in [5.74, 6) is 1.49. The van der Waals surface area contributed by atoms with Crippen LogP contribution < -0.4 is 15.1 Å². The number of hydrogen-bond donors (Lipinski definition) is 3. The molecule has 2 atom stereocenters. The van der Waals surface area contributed by atoms with E-state index in [0.29, 0.717) is 40.8 Å². The molecule has 0 bridgehead atoms. The van der Waals surface area contributed by atoms with E-state index in [1.165, 1.54) is 17.3 Å². The molecule has 2 aliphatic heterocycles. The van der Waals surface area contributed by atoms with Crippen LogP contribution in [0.2, 0.25) is 0 Å². The van der Waals surface area contributed by atoms with Crippen molar-refractivity contribution in [3.63, 3.8) is 0 Å². The summed E-state index contributed by atoms with van der Waals surface area (Å²) >= 11 is 0. The van der Waals surface area contributed by atoms with Crippen molar-refractivity contribution in [1.29, 1.82) is 0 Å². The van der Waals surface area contributed by atoms with Crippen LogP contribution in [0.25, 0.3) is 10.9 Å². The zero-order valence-corrected chi connectivity index (χ0v) is 19.6. The van der Waals surface area contributed by atoms with Crippen LogP contribution in [0, 0.1) is 0 Å². The van der Waals surface area contributed by atoms with E-state index >= 15 is 0 Å². The lowest BCUT2D eigenvalue weighted by atomic mass is 9.93. The summed E-state index contributed by atoms with van der Waals surface area (Å²) in [4.78, 5) is 16.1. The smallest absolute Gasteiger partial charge is 0.390 e. The summed E-state index contributed by atoms with van der Waals surface area (Å²) in [6, 6.07) is 3.26. The largest absolute Gasteiger partial charge is 0.420 e. The highest BCUT2D eigenvalue weighted by Crippen LogP contribution is 2.41. The second kappa shape index (κ2) is 8.69. The lowest BCUT2D eigenvalue weighted by Crippen LogP contribution is -2.69. The number of nitrogens with one attached hydrogen (secondary N) is 1. The van der Waals surface area contributed by atoms with Crippen molar-refractivity contribution < 1.29 is 27.8 Å². The lowest BCUT2D eigenvalue weighted by Gasteiger charge is -2.47. The molecule has 2 fully saturated rings. The SMILES string of the molecule is CC(C)n1nc(N2CC(O)(C(F)(F)F)C2)c2cnc(Nc3ccnc(N4CCC(O)C(F)C4)n3)cc21. The number of pyridine rings is 1. The average molecular weight is 510 g/mol. The molecule has 0 radical (unpaired) electrons. The van der Waals surface area contributed by atoms with Gasteiger partial charge in [0.2, 0.25) is 5.95 Å². The Hall–Kier alpha value is -3.26. The number of alkyl halides is 4. The van der Waals surface area contributed by atoms with Gasteiger partial charge in [-0.25, -0.2) is 14.4 Å². The van der Waals surface area contributed by atoms with E-state index in [9.17, 15) is 27.8 Å². The lowest BCUT2D eigenvalue weighted by molar-refractivity contribution is -0.267. The number of fused-ring (bicyclic) bond motifs is 1. The molecule has 0 spiro atoms. The summed E-state index contributed by atoms with van der Waals surface area (Å²) in [5.41, 5.74) is -2.10. The zero-order valence-electron chi connectivity index (χ0n) is 19.6. The van der Waals surface area contributed by atoms with Gasteiger partial charge < -0.3 is 25.3 Å². The first-order valence-electron chi connectivity index (χ1n) is 11.5. The minimum Gasteiger partial charge on any atom is -0.390 e. The van der Waals surface area contributed by atoms with Crippen LogP contribution in [-0.2, 0) is 0 Å². The molecule has 5 heterocycles. The van der Waals surface area contributed by atoms with Gasteiger partial charge in [-0.2, -0.15) is 23.3 Å². The Kier molecular flexibility index (Phi) is 5.90. The normalized spacial score (nSPS) is 22.2. The van der Waals surface area contributed by atoms with Gasteiger partial charge in [-0.1, -0.05) is 0 Å². The fourth-order valence-electron chi connectivity index (χ4n) is 4.40. The third kappa shape index (κ3) is 4.28. The number of nitrogens with zero attached hydrogens (tertiary/aromatic N) is 7. The zero-order chi connectivity index (χ0) is 25.8. The third-order valence-electron chi connectivity index (χ3n) is 6.48. The van der Waals surface area contributed by atoms with E-state index in [1.807, 2.05) is 13.8 Å². The van der Waals surface area contributed by atoms with Gasteiger partial charge in [0.25, 0.3) is 0 Å². The Balaban J connectivity index is 1.39. The Morgan fingerprint density at radius 2 is 1.92 bits per heavy atom. The number of aliphatic hydroxyl groups excluding tert-OH is 1. The molecule has 10 nitrogen and oxygen atoms in total. The predicted octanol–water partition coefficient (Wildman–Crippen LogP) is 2.57. The molecule has 3 aromatic heterocycles. The highest BCUT2D eigenvalue weighted by molar-refractivity contribution is 5.92. The van der Waals surface area contributed by atoms with Crippen LogP contribution in [-0.4, -0.2) is 85.2 Å². The van der Waals surface area contributed by atoms with Gasteiger partial charge in [-0.05, 0) is 26.3 Å². The van der Waals surface area contributed by atoms with Gasteiger partial charge in [-0.3, -0.25) is 4.68 Å². The number of aromatic nitrogens is 5. The molecular weight excluding hydrogens is 484 g/mol. The first-order chi connectivity index (χ1) is 16.9. The van der Waals surface area contributed by atoms with Gasteiger partial charge in [0.05, 0.1) is 36.6 Å². The summed E-state index contributed by atoms with van der Waals surface area (Å²) < 4.78 is 54.9. The van der Waals surface area contributed by atoms with Gasteiger partial charge in [0.15, 0.2) is 11.4 Å². The van der Waals surface area contributed by atoms with Crippen molar-refractivity contribution in [3.05, 3.63) is 24.5 Å². The predicted molar refractivity (Wildman–Crippen MR) is 124 cm³/mol. The molecule has 0 aliphatic carbocycles. The third-order valence-corrected chi connectivity index (χ3v) is 6.48. The average Bonchev–Trinajstić information content (AvgIpc) is 3.17. The molecule has 0 saturated carbocycles. The van der Waals surface area contributed by atoms with Crippen molar-refractivity contribution in [2.24, 2.45) is 0 Å². The van der Waals surface area contributed by atoms with E-state index in [2.05, 4.69) is 25.4 Å². The number of rotatable bonds is 5. The van der Waals surface area contributed by atoms with E-state index in [4.69, 9.17) is 0 Å². The Morgan fingerprint density at radius 3 is 2.58 bits per heavy atom. The van der Waals surface area contributed by atoms with E-state index in [1.54, 1.807) is 21.7 Å². The van der Waals surface area contributed by atoms with Crippen molar-refractivity contribution in [2.45, 2.75) is 50.4 Å². The fourth-order valence-corrected chi connectivity index (χ4v) is 4.40. The van der Waals surface area contributed by atoms with Gasteiger partial charge >= 0.3 is 6.18 Å². The molecular formula is C22H26F4N8O2. The Bertz CT molecular complexity index is 1260. The van der Waals surface area contributed by atoms with Crippen molar-refractivity contribution >= 4 is 34.3 Å². The van der Waals surface area contributed by atoms with Gasteiger partial charge in [-0.15, -0.1) is 0 Å². The number of anilines is 4. The molecule has 2 unspecified atom stereocenters. The van der Waals surface area contributed by atoms with Crippen LogP contribution in [0.3, 0.4) is 0 Å². The number of halogens is 4. The maximum absolute atomic E-state index is 13.9.